The minimum atomic E-state index is -1.23. The molecule has 9 heteroatoms. The van der Waals surface area contributed by atoms with Crippen molar-refractivity contribution < 1.29 is 29.0 Å². The van der Waals surface area contributed by atoms with Crippen LogP contribution >= 0.6 is 0 Å². The number of nitrogens with one attached hydrogen (secondary N) is 2. The normalized spacial score (nSPS) is 10.6. The van der Waals surface area contributed by atoms with E-state index in [1.807, 2.05) is 19.1 Å². The molecule has 0 aromatic heterocycles. The van der Waals surface area contributed by atoms with Crippen molar-refractivity contribution in [2.75, 3.05) is 19.5 Å². The molecule has 3 aromatic carbocycles. The number of anilines is 1. The number of methoxy groups -OCH3 is 2. The summed E-state index contributed by atoms with van der Waals surface area (Å²) in [5.74, 6) is -1.69. The van der Waals surface area contributed by atoms with Gasteiger partial charge in [0.05, 0.1) is 20.4 Å². The smallest absolute Gasteiger partial charge is 0.340 e. The molecule has 0 saturated heterocycles. The van der Waals surface area contributed by atoms with Crippen LogP contribution in [0, 0.1) is 6.92 Å². The van der Waals surface area contributed by atoms with Crippen LogP contribution in [0.3, 0.4) is 0 Å². The first-order valence-electron chi connectivity index (χ1n) is 10.1. The predicted molar refractivity (Wildman–Crippen MR) is 127 cm³/mol. The maximum Gasteiger partial charge on any atom is 0.340 e. The highest BCUT2D eigenvalue weighted by molar-refractivity contribution is 6.05. The number of benzene rings is 3. The number of carboxylic acids is 1. The van der Waals surface area contributed by atoms with E-state index in [4.69, 9.17) is 9.47 Å². The molecule has 3 N–H and O–H groups in total. The maximum absolute atomic E-state index is 12.4. The molecular formula is C25H23N3O6. The van der Waals surface area contributed by atoms with Crippen molar-refractivity contribution in [1.29, 1.82) is 0 Å². The van der Waals surface area contributed by atoms with Crippen LogP contribution in [0.4, 0.5) is 5.69 Å². The Morgan fingerprint density at radius 3 is 2.06 bits per heavy atom. The second kappa shape index (κ2) is 10.8. The van der Waals surface area contributed by atoms with Gasteiger partial charge in [-0.15, -0.1) is 0 Å². The summed E-state index contributed by atoms with van der Waals surface area (Å²) in [6.45, 7) is 1.94. The summed E-state index contributed by atoms with van der Waals surface area (Å²) in [6.07, 6.45) is 1.21. The highest BCUT2D eigenvalue weighted by atomic mass is 16.5. The number of hydrogen-bond acceptors (Lipinski definition) is 6. The number of carboxylic acid groups (broad SMARTS) is 1. The van der Waals surface area contributed by atoms with Gasteiger partial charge in [-0.25, -0.2) is 10.2 Å². The Morgan fingerprint density at radius 2 is 1.47 bits per heavy atom. The third-order valence-corrected chi connectivity index (χ3v) is 4.88. The molecule has 0 unspecified atom stereocenters. The van der Waals surface area contributed by atoms with E-state index in [9.17, 15) is 19.5 Å². The van der Waals surface area contributed by atoms with Gasteiger partial charge in [-0.3, -0.25) is 9.59 Å². The lowest BCUT2D eigenvalue weighted by molar-refractivity contribution is 0.0692. The van der Waals surface area contributed by atoms with Crippen LogP contribution in [0.2, 0.25) is 0 Å². The minimum Gasteiger partial charge on any atom is -0.493 e. The molecule has 9 nitrogen and oxygen atoms in total. The predicted octanol–water partition coefficient (Wildman–Crippen LogP) is 3.73. The summed E-state index contributed by atoms with van der Waals surface area (Å²) in [7, 11) is 2.73. The molecule has 0 radical (unpaired) electrons. The Labute approximate surface area is 196 Å². The first kappa shape index (κ1) is 24.0. The topological polar surface area (TPSA) is 126 Å². The fourth-order valence-corrected chi connectivity index (χ4v) is 3.11. The van der Waals surface area contributed by atoms with Gasteiger partial charge in [0.2, 0.25) is 0 Å². The van der Waals surface area contributed by atoms with Crippen LogP contribution in [0.25, 0.3) is 0 Å². The fraction of sp³-hybridized carbons (Fsp3) is 0.120. The van der Waals surface area contributed by atoms with Gasteiger partial charge < -0.3 is 19.9 Å². The number of aromatic carboxylic acids is 1. The van der Waals surface area contributed by atoms with Crippen LogP contribution in [-0.4, -0.2) is 43.3 Å². The first-order valence-corrected chi connectivity index (χ1v) is 10.1. The maximum atomic E-state index is 12.4. The van der Waals surface area contributed by atoms with Crippen molar-refractivity contribution in [1.82, 2.24) is 5.43 Å². The van der Waals surface area contributed by atoms with Gasteiger partial charge in [0, 0.05) is 22.4 Å². The summed E-state index contributed by atoms with van der Waals surface area (Å²) in [5.41, 5.74) is 4.84. The lowest BCUT2D eigenvalue weighted by Crippen LogP contribution is -2.18. The molecule has 0 saturated carbocycles. The monoisotopic (exact) mass is 461 g/mol. The van der Waals surface area contributed by atoms with Gasteiger partial charge in [-0.1, -0.05) is 17.7 Å². The Hall–Kier alpha value is -4.66. The zero-order valence-corrected chi connectivity index (χ0v) is 18.8. The zero-order valence-electron chi connectivity index (χ0n) is 18.8. The molecule has 0 heterocycles. The van der Waals surface area contributed by atoms with Crippen molar-refractivity contribution in [2.24, 2.45) is 5.10 Å². The summed E-state index contributed by atoms with van der Waals surface area (Å²) in [4.78, 5) is 36.4. The van der Waals surface area contributed by atoms with E-state index in [1.54, 1.807) is 24.3 Å². The lowest BCUT2D eigenvalue weighted by Gasteiger charge is -2.12. The summed E-state index contributed by atoms with van der Waals surface area (Å²) < 4.78 is 10.3. The molecule has 3 rings (SSSR count). The standard InChI is InChI=1S/C25H23N3O6/c1-15-4-6-16(7-5-15)23(29)27-19-11-8-17(9-12-19)24(30)28-26-14-18-10-13-20(33-2)22(34-3)21(18)25(31)32/h4-14H,1-3H3,(H,27,29)(H,28,30)(H,31,32). The van der Waals surface area contributed by atoms with Gasteiger partial charge in [0.15, 0.2) is 11.5 Å². The van der Waals surface area contributed by atoms with Crippen LogP contribution in [0.5, 0.6) is 11.5 Å². The van der Waals surface area contributed by atoms with Crippen molar-refractivity contribution in [3.8, 4) is 11.5 Å². The summed E-state index contributed by atoms with van der Waals surface area (Å²) >= 11 is 0. The van der Waals surface area contributed by atoms with Gasteiger partial charge in [-0.2, -0.15) is 5.10 Å². The van der Waals surface area contributed by atoms with E-state index < -0.39 is 11.9 Å². The SMILES string of the molecule is COc1ccc(C=NNC(=O)c2ccc(NC(=O)c3ccc(C)cc3)cc2)c(C(=O)O)c1OC. The van der Waals surface area contributed by atoms with E-state index in [0.29, 0.717) is 16.8 Å². The number of hydrogen-bond donors (Lipinski definition) is 3. The molecule has 0 atom stereocenters. The average molecular weight is 461 g/mol. The number of carbonyl (C=O) groups excluding carboxylic acids is 2. The van der Waals surface area contributed by atoms with Gasteiger partial charge in [0.25, 0.3) is 11.8 Å². The molecule has 0 bridgehead atoms. The summed E-state index contributed by atoms with van der Waals surface area (Å²) in [6, 6.07) is 16.5. The molecule has 174 valence electrons. The molecule has 0 aliphatic rings. The van der Waals surface area contributed by atoms with Crippen molar-refractivity contribution >= 4 is 29.7 Å². The van der Waals surface area contributed by atoms with Crippen molar-refractivity contribution in [2.45, 2.75) is 6.92 Å². The number of amides is 2. The number of aryl methyl sites for hydroxylation is 1. The minimum absolute atomic E-state index is 0.0496. The number of ether oxygens (including phenoxy) is 2. The number of hydrazone groups is 1. The van der Waals surface area contributed by atoms with Gasteiger partial charge >= 0.3 is 5.97 Å². The van der Waals surface area contributed by atoms with E-state index >= 15 is 0 Å². The molecule has 3 aromatic rings. The molecular weight excluding hydrogens is 438 g/mol. The van der Waals surface area contributed by atoms with E-state index in [-0.39, 0.29) is 28.5 Å². The van der Waals surface area contributed by atoms with Crippen LogP contribution in [-0.2, 0) is 0 Å². The third kappa shape index (κ3) is 5.57. The van der Waals surface area contributed by atoms with Crippen molar-refractivity contribution in [3.63, 3.8) is 0 Å². The zero-order chi connectivity index (χ0) is 24.7. The van der Waals surface area contributed by atoms with Crippen LogP contribution < -0.4 is 20.2 Å². The first-order chi connectivity index (χ1) is 16.3. The largest absolute Gasteiger partial charge is 0.493 e. The quantitative estimate of drug-likeness (QED) is 0.347. The Balaban J connectivity index is 1.67. The average Bonchev–Trinajstić information content (AvgIpc) is 2.84. The second-order valence-electron chi connectivity index (χ2n) is 7.17. The molecule has 0 aliphatic heterocycles. The number of carbonyl (C=O) groups is 3. The third-order valence-electron chi connectivity index (χ3n) is 4.88. The second-order valence-corrected chi connectivity index (χ2v) is 7.17. The molecule has 0 aliphatic carbocycles. The number of nitrogens with zero attached hydrogens (tertiary/aromatic N) is 1. The number of rotatable bonds is 8. The Kier molecular flexibility index (Phi) is 7.60. The molecule has 34 heavy (non-hydrogen) atoms. The van der Waals surface area contributed by atoms with E-state index in [0.717, 1.165) is 5.56 Å². The van der Waals surface area contributed by atoms with E-state index in [1.165, 1.54) is 44.7 Å². The van der Waals surface area contributed by atoms with Gasteiger partial charge in [-0.05, 0) is 55.5 Å². The fourth-order valence-electron chi connectivity index (χ4n) is 3.11. The van der Waals surface area contributed by atoms with Gasteiger partial charge in [0.1, 0.15) is 5.56 Å². The molecule has 0 spiro atoms. The van der Waals surface area contributed by atoms with Crippen molar-refractivity contribution in [3.05, 3.63) is 88.5 Å². The van der Waals surface area contributed by atoms with E-state index in [2.05, 4.69) is 15.8 Å². The lowest BCUT2D eigenvalue weighted by atomic mass is 10.1. The Morgan fingerprint density at radius 1 is 0.853 bits per heavy atom. The highest BCUT2D eigenvalue weighted by Gasteiger charge is 2.20. The Bertz CT molecular complexity index is 1230. The molecule has 0 fully saturated rings. The highest BCUT2D eigenvalue weighted by Crippen LogP contribution is 2.32. The summed E-state index contributed by atoms with van der Waals surface area (Å²) in [5, 5.41) is 16.2. The molecule has 2 amide bonds. The van der Waals surface area contributed by atoms with Crippen LogP contribution in [0.1, 0.15) is 42.2 Å². The van der Waals surface area contributed by atoms with Crippen LogP contribution in [0.15, 0.2) is 65.8 Å².